The molecule has 1 aliphatic heterocycles. The third-order valence-electron chi connectivity index (χ3n) is 5.28. The Bertz CT molecular complexity index is 348. The van der Waals surface area contributed by atoms with Gasteiger partial charge in [0.2, 0.25) is 5.91 Å². The Hall–Kier alpha value is -0.610. The summed E-state index contributed by atoms with van der Waals surface area (Å²) >= 11 is 0. The van der Waals surface area contributed by atoms with E-state index in [1.165, 1.54) is 25.7 Å². The summed E-state index contributed by atoms with van der Waals surface area (Å²) in [5.41, 5.74) is 0.188. The lowest BCUT2D eigenvalue weighted by Gasteiger charge is -2.41. The Morgan fingerprint density at radius 2 is 1.95 bits per heavy atom. The zero-order valence-corrected chi connectivity index (χ0v) is 13.8. The Morgan fingerprint density at radius 1 is 1.35 bits per heavy atom. The van der Waals surface area contributed by atoms with Gasteiger partial charge >= 0.3 is 0 Å². The minimum atomic E-state index is 0.0167. The fraction of sp³-hybridized carbons (Fsp3) is 0.938. The van der Waals surface area contributed by atoms with Crippen molar-refractivity contribution in [1.82, 2.24) is 15.1 Å². The SMILES string of the molecule is CCC1NC(C(C)C)N(CC2(N(C)C)CCCC2)C1=O. The number of hydrogen-bond donors (Lipinski definition) is 1. The lowest BCUT2D eigenvalue weighted by atomic mass is 9.94. The number of likely N-dealkylation sites (N-methyl/N-ethyl adjacent to an activating group) is 1. The average molecular weight is 281 g/mol. The third-order valence-corrected chi connectivity index (χ3v) is 5.28. The first kappa shape index (κ1) is 15.8. The highest BCUT2D eigenvalue weighted by atomic mass is 16.2. The van der Waals surface area contributed by atoms with Crippen LogP contribution in [0.3, 0.4) is 0 Å². The van der Waals surface area contributed by atoms with Gasteiger partial charge in [0.25, 0.3) is 0 Å². The van der Waals surface area contributed by atoms with Crippen molar-refractivity contribution in [2.45, 2.75) is 70.6 Å². The Morgan fingerprint density at radius 3 is 2.40 bits per heavy atom. The molecule has 4 heteroatoms. The highest BCUT2D eigenvalue weighted by molar-refractivity contribution is 5.84. The number of nitrogens with zero attached hydrogens (tertiary/aromatic N) is 2. The van der Waals surface area contributed by atoms with Crippen LogP contribution in [0.15, 0.2) is 0 Å². The molecule has 2 fully saturated rings. The predicted molar refractivity (Wildman–Crippen MR) is 82.4 cm³/mol. The lowest BCUT2D eigenvalue weighted by molar-refractivity contribution is -0.132. The van der Waals surface area contributed by atoms with Crippen molar-refractivity contribution in [3.63, 3.8) is 0 Å². The van der Waals surface area contributed by atoms with E-state index in [2.05, 4.69) is 50.0 Å². The monoisotopic (exact) mass is 281 g/mol. The summed E-state index contributed by atoms with van der Waals surface area (Å²) < 4.78 is 0. The molecule has 2 aliphatic rings. The van der Waals surface area contributed by atoms with Crippen LogP contribution < -0.4 is 5.32 Å². The summed E-state index contributed by atoms with van der Waals surface area (Å²) in [6.45, 7) is 7.37. The van der Waals surface area contributed by atoms with Crippen LogP contribution in [0, 0.1) is 5.92 Å². The fourth-order valence-corrected chi connectivity index (χ4v) is 3.82. The molecule has 1 saturated carbocycles. The number of nitrogens with one attached hydrogen (secondary N) is 1. The highest BCUT2D eigenvalue weighted by Crippen LogP contribution is 2.36. The fourth-order valence-electron chi connectivity index (χ4n) is 3.82. The van der Waals surface area contributed by atoms with Crippen LogP contribution in [0.4, 0.5) is 0 Å². The van der Waals surface area contributed by atoms with Crippen LogP contribution in [0.5, 0.6) is 0 Å². The number of hydrogen-bond acceptors (Lipinski definition) is 3. The van der Waals surface area contributed by atoms with Gasteiger partial charge in [-0.15, -0.1) is 0 Å². The van der Waals surface area contributed by atoms with Crippen molar-refractivity contribution < 1.29 is 4.79 Å². The van der Waals surface area contributed by atoms with Gasteiger partial charge in [-0.2, -0.15) is 0 Å². The predicted octanol–water partition coefficient (Wildman–Crippen LogP) is 2.05. The van der Waals surface area contributed by atoms with Gasteiger partial charge in [0.05, 0.1) is 12.2 Å². The summed E-state index contributed by atoms with van der Waals surface area (Å²) in [4.78, 5) is 17.1. The van der Waals surface area contributed by atoms with E-state index in [-0.39, 0.29) is 17.7 Å². The highest BCUT2D eigenvalue weighted by Gasteiger charge is 2.45. The van der Waals surface area contributed by atoms with Crippen LogP contribution in [0.1, 0.15) is 52.9 Å². The molecule has 1 N–H and O–H groups in total. The smallest absolute Gasteiger partial charge is 0.241 e. The van der Waals surface area contributed by atoms with Gasteiger partial charge in [0.15, 0.2) is 0 Å². The van der Waals surface area contributed by atoms with Crippen molar-refractivity contribution in [2.75, 3.05) is 20.6 Å². The van der Waals surface area contributed by atoms with Gasteiger partial charge in [-0.3, -0.25) is 10.1 Å². The first-order valence-electron chi connectivity index (χ1n) is 8.15. The molecule has 1 amide bonds. The molecular weight excluding hydrogens is 250 g/mol. The Balaban J connectivity index is 2.18. The first-order valence-corrected chi connectivity index (χ1v) is 8.15. The molecule has 0 spiro atoms. The number of rotatable bonds is 5. The van der Waals surface area contributed by atoms with E-state index < -0.39 is 0 Å². The molecule has 0 aromatic heterocycles. The van der Waals surface area contributed by atoms with Crippen molar-refractivity contribution >= 4 is 5.91 Å². The van der Waals surface area contributed by atoms with Crippen molar-refractivity contribution in [1.29, 1.82) is 0 Å². The normalized spacial score (nSPS) is 29.9. The van der Waals surface area contributed by atoms with Gasteiger partial charge in [-0.1, -0.05) is 33.6 Å². The minimum absolute atomic E-state index is 0.0167. The van der Waals surface area contributed by atoms with Crippen LogP contribution in [-0.2, 0) is 4.79 Å². The van der Waals surface area contributed by atoms with Crippen molar-refractivity contribution in [3.8, 4) is 0 Å². The van der Waals surface area contributed by atoms with Gasteiger partial charge < -0.3 is 9.80 Å². The van der Waals surface area contributed by atoms with E-state index in [9.17, 15) is 4.79 Å². The summed E-state index contributed by atoms with van der Waals surface area (Å²) in [7, 11) is 4.34. The van der Waals surface area contributed by atoms with Crippen molar-refractivity contribution in [3.05, 3.63) is 0 Å². The molecule has 1 aliphatic carbocycles. The zero-order chi connectivity index (χ0) is 14.9. The van der Waals surface area contributed by atoms with E-state index in [1.807, 2.05) is 0 Å². The first-order chi connectivity index (χ1) is 9.41. The summed E-state index contributed by atoms with van der Waals surface area (Å²) in [6, 6.07) is 0.0167. The van der Waals surface area contributed by atoms with Crippen LogP contribution in [0.2, 0.25) is 0 Å². The van der Waals surface area contributed by atoms with Gasteiger partial charge in [0.1, 0.15) is 0 Å². The molecule has 0 aromatic rings. The minimum Gasteiger partial charge on any atom is -0.324 e. The second-order valence-corrected chi connectivity index (χ2v) is 7.11. The largest absolute Gasteiger partial charge is 0.324 e. The van der Waals surface area contributed by atoms with E-state index in [1.54, 1.807) is 0 Å². The van der Waals surface area contributed by atoms with Gasteiger partial charge in [-0.05, 0) is 39.3 Å². The number of amides is 1. The van der Waals surface area contributed by atoms with Gasteiger partial charge in [-0.25, -0.2) is 0 Å². The maximum Gasteiger partial charge on any atom is 0.241 e. The molecule has 1 heterocycles. The third kappa shape index (κ3) is 2.73. The van der Waals surface area contributed by atoms with E-state index >= 15 is 0 Å². The van der Waals surface area contributed by atoms with E-state index in [0.717, 1.165) is 13.0 Å². The van der Waals surface area contributed by atoms with E-state index in [4.69, 9.17) is 0 Å². The summed E-state index contributed by atoms with van der Waals surface area (Å²) in [5, 5.41) is 3.53. The summed E-state index contributed by atoms with van der Waals surface area (Å²) in [5.74, 6) is 0.760. The molecule has 2 unspecified atom stereocenters. The Kier molecular flexibility index (Phi) is 4.75. The molecule has 0 aromatic carbocycles. The number of carbonyl (C=O) groups excluding carboxylic acids is 1. The van der Waals surface area contributed by atoms with Crippen LogP contribution >= 0.6 is 0 Å². The van der Waals surface area contributed by atoms with Gasteiger partial charge in [0, 0.05) is 12.1 Å². The summed E-state index contributed by atoms with van der Waals surface area (Å²) in [6.07, 6.45) is 6.09. The molecule has 116 valence electrons. The second-order valence-electron chi connectivity index (χ2n) is 7.11. The molecule has 0 radical (unpaired) electrons. The molecule has 0 bridgehead atoms. The molecule has 20 heavy (non-hydrogen) atoms. The number of carbonyl (C=O) groups is 1. The molecule has 2 atom stereocenters. The molecule has 2 rings (SSSR count). The lowest BCUT2D eigenvalue weighted by Crippen LogP contribution is -2.54. The molecule has 1 saturated heterocycles. The quantitative estimate of drug-likeness (QED) is 0.838. The topological polar surface area (TPSA) is 35.6 Å². The van der Waals surface area contributed by atoms with E-state index in [0.29, 0.717) is 11.8 Å². The standard InChI is InChI=1S/C16H31N3O/c1-6-13-15(20)19(14(17-13)12(2)3)11-16(18(4)5)9-7-8-10-16/h12-14,17H,6-11H2,1-5H3. The maximum atomic E-state index is 12.6. The van der Waals surface area contributed by atoms with Crippen LogP contribution in [0.25, 0.3) is 0 Å². The zero-order valence-electron chi connectivity index (χ0n) is 13.8. The van der Waals surface area contributed by atoms with Crippen molar-refractivity contribution in [2.24, 2.45) is 5.92 Å². The second kappa shape index (κ2) is 6.02. The molecule has 4 nitrogen and oxygen atoms in total. The Labute approximate surface area is 123 Å². The average Bonchev–Trinajstić information content (AvgIpc) is 2.97. The molecular formula is C16H31N3O. The van der Waals surface area contributed by atoms with Crippen LogP contribution in [-0.4, -0.2) is 54.1 Å². The maximum absolute atomic E-state index is 12.6.